The van der Waals surface area contributed by atoms with Gasteiger partial charge < -0.3 is 10.1 Å². The van der Waals surface area contributed by atoms with E-state index < -0.39 is 0 Å². The second-order valence-electron chi connectivity index (χ2n) is 5.39. The first-order valence-corrected chi connectivity index (χ1v) is 8.66. The van der Waals surface area contributed by atoms with Crippen LogP contribution in [0.1, 0.15) is 44.6 Å². The predicted molar refractivity (Wildman–Crippen MR) is 85.8 cm³/mol. The van der Waals surface area contributed by atoms with Crippen molar-refractivity contribution in [2.24, 2.45) is 0 Å². The number of nitrogens with one attached hydrogen (secondary N) is 1. The van der Waals surface area contributed by atoms with Crippen molar-refractivity contribution < 1.29 is 4.74 Å². The summed E-state index contributed by atoms with van der Waals surface area (Å²) in [6.07, 6.45) is 10.5. The fourth-order valence-electron chi connectivity index (χ4n) is 2.79. The zero-order chi connectivity index (χ0) is 14.4. The maximum Gasteiger partial charge on any atom is 0.221 e. The number of anilines is 1. The van der Waals surface area contributed by atoms with Crippen molar-refractivity contribution in [1.29, 1.82) is 0 Å². The number of hydrogen-bond donors (Lipinski definition) is 1. The Bertz CT molecular complexity index is 433. The third-order valence-electron chi connectivity index (χ3n) is 4.09. The predicted octanol–water partition coefficient (Wildman–Crippen LogP) is 3.66. The molecule has 0 amide bonds. The first-order chi connectivity index (χ1) is 9.71. The van der Waals surface area contributed by atoms with Crippen LogP contribution in [0.25, 0.3) is 0 Å². The molecule has 1 aliphatic carbocycles. The first kappa shape index (κ1) is 15.4. The standard InChI is InChI=1S/C15H25N3OS/c1-4-19-14-12(2)13(17-11-18-14)16-10-15(20-3)8-6-5-7-9-15/h11H,4-10H2,1-3H3,(H,16,17,18). The van der Waals surface area contributed by atoms with E-state index in [0.29, 0.717) is 17.2 Å². The van der Waals surface area contributed by atoms with Crippen LogP contribution < -0.4 is 10.1 Å². The van der Waals surface area contributed by atoms with Crippen molar-refractivity contribution in [3.63, 3.8) is 0 Å². The average Bonchev–Trinajstić information content (AvgIpc) is 2.49. The Balaban J connectivity index is 2.04. The molecule has 0 aromatic carbocycles. The fourth-order valence-corrected chi connectivity index (χ4v) is 3.70. The van der Waals surface area contributed by atoms with E-state index in [4.69, 9.17) is 4.74 Å². The number of nitrogens with zero attached hydrogens (tertiary/aromatic N) is 2. The van der Waals surface area contributed by atoms with Gasteiger partial charge in [0, 0.05) is 11.3 Å². The number of aromatic nitrogens is 2. The van der Waals surface area contributed by atoms with Gasteiger partial charge in [-0.1, -0.05) is 19.3 Å². The number of ether oxygens (including phenoxy) is 1. The lowest BCUT2D eigenvalue weighted by Gasteiger charge is -2.36. The maximum atomic E-state index is 5.52. The molecule has 1 fully saturated rings. The highest BCUT2D eigenvalue weighted by Gasteiger charge is 2.31. The lowest BCUT2D eigenvalue weighted by Crippen LogP contribution is -2.35. The van der Waals surface area contributed by atoms with E-state index in [0.717, 1.165) is 17.9 Å². The molecule has 1 aromatic rings. The number of thioether (sulfide) groups is 1. The normalized spacial score (nSPS) is 17.8. The molecular formula is C15H25N3OS. The van der Waals surface area contributed by atoms with Crippen LogP contribution in [0.5, 0.6) is 5.88 Å². The summed E-state index contributed by atoms with van der Waals surface area (Å²) in [5, 5.41) is 3.52. The molecule has 1 heterocycles. The van der Waals surface area contributed by atoms with Gasteiger partial charge in [0.1, 0.15) is 12.1 Å². The van der Waals surface area contributed by atoms with Crippen molar-refractivity contribution in [2.75, 3.05) is 24.7 Å². The third-order valence-corrected chi connectivity index (χ3v) is 5.51. The zero-order valence-electron chi connectivity index (χ0n) is 12.7. The van der Waals surface area contributed by atoms with Crippen molar-refractivity contribution in [3.05, 3.63) is 11.9 Å². The van der Waals surface area contributed by atoms with Gasteiger partial charge >= 0.3 is 0 Å². The van der Waals surface area contributed by atoms with E-state index in [1.807, 2.05) is 25.6 Å². The Morgan fingerprint density at radius 3 is 2.70 bits per heavy atom. The highest BCUT2D eigenvalue weighted by Crippen LogP contribution is 2.38. The molecular weight excluding hydrogens is 270 g/mol. The van der Waals surface area contributed by atoms with Gasteiger partial charge in [-0.3, -0.25) is 0 Å². The topological polar surface area (TPSA) is 47.0 Å². The highest BCUT2D eigenvalue weighted by atomic mass is 32.2. The molecule has 0 atom stereocenters. The van der Waals surface area contributed by atoms with E-state index in [1.54, 1.807) is 6.33 Å². The van der Waals surface area contributed by atoms with Crippen LogP contribution in [0.3, 0.4) is 0 Å². The van der Waals surface area contributed by atoms with Crippen molar-refractivity contribution >= 4 is 17.6 Å². The van der Waals surface area contributed by atoms with Crippen LogP contribution in [0.2, 0.25) is 0 Å². The SMILES string of the molecule is CCOc1ncnc(NCC2(SC)CCCCC2)c1C. The molecule has 0 radical (unpaired) electrons. The Morgan fingerprint density at radius 1 is 1.30 bits per heavy atom. The summed E-state index contributed by atoms with van der Waals surface area (Å²) in [7, 11) is 0. The van der Waals surface area contributed by atoms with E-state index in [1.165, 1.54) is 32.1 Å². The Hall–Kier alpha value is -0.970. The molecule has 0 saturated heterocycles. The summed E-state index contributed by atoms with van der Waals surface area (Å²) in [5.41, 5.74) is 1.00. The summed E-state index contributed by atoms with van der Waals surface area (Å²) in [5.74, 6) is 1.59. The minimum Gasteiger partial charge on any atom is -0.478 e. The van der Waals surface area contributed by atoms with Crippen LogP contribution in [0.4, 0.5) is 5.82 Å². The van der Waals surface area contributed by atoms with E-state index in [-0.39, 0.29) is 0 Å². The van der Waals surface area contributed by atoms with Gasteiger partial charge in [-0.2, -0.15) is 11.8 Å². The smallest absolute Gasteiger partial charge is 0.221 e. The van der Waals surface area contributed by atoms with Crippen LogP contribution in [-0.4, -0.2) is 34.1 Å². The molecule has 4 nitrogen and oxygen atoms in total. The van der Waals surface area contributed by atoms with Gasteiger partial charge in [0.2, 0.25) is 5.88 Å². The lowest BCUT2D eigenvalue weighted by atomic mass is 9.88. The molecule has 112 valence electrons. The van der Waals surface area contributed by atoms with Gasteiger partial charge in [-0.25, -0.2) is 9.97 Å². The number of hydrogen-bond acceptors (Lipinski definition) is 5. The average molecular weight is 295 g/mol. The van der Waals surface area contributed by atoms with Gasteiger partial charge in [0.25, 0.3) is 0 Å². The molecule has 20 heavy (non-hydrogen) atoms. The molecule has 1 aromatic heterocycles. The summed E-state index contributed by atoms with van der Waals surface area (Å²) in [6, 6.07) is 0. The fraction of sp³-hybridized carbons (Fsp3) is 0.733. The molecule has 0 bridgehead atoms. The van der Waals surface area contributed by atoms with Crippen molar-refractivity contribution in [3.8, 4) is 5.88 Å². The van der Waals surface area contributed by atoms with Gasteiger partial charge in [0.15, 0.2) is 0 Å². The Morgan fingerprint density at radius 2 is 2.05 bits per heavy atom. The zero-order valence-corrected chi connectivity index (χ0v) is 13.6. The van der Waals surface area contributed by atoms with Gasteiger partial charge in [-0.15, -0.1) is 0 Å². The largest absolute Gasteiger partial charge is 0.478 e. The Labute approximate surface area is 126 Å². The second kappa shape index (κ2) is 7.16. The molecule has 0 unspecified atom stereocenters. The Kier molecular flexibility index (Phi) is 5.52. The van der Waals surface area contributed by atoms with Crippen LogP contribution in [0.15, 0.2) is 6.33 Å². The molecule has 0 spiro atoms. The van der Waals surface area contributed by atoms with Crippen LogP contribution >= 0.6 is 11.8 Å². The maximum absolute atomic E-state index is 5.52. The van der Waals surface area contributed by atoms with Crippen molar-refractivity contribution in [1.82, 2.24) is 9.97 Å². The highest BCUT2D eigenvalue weighted by molar-refractivity contribution is 8.00. The van der Waals surface area contributed by atoms with E-state index in [2.05, 4.69) is 21.5 Å². The van der Waals surface area contributed by atoms with Gasteiger partial charge in [0.05, 0.1) is 12.2 Å². The summed E-state index contributed by atoms with van der Waals surface area (Å²) < 4.78 is 5.89. The molecule has 0 aliphatic heterocycles. The molecule has 5 heteroatoms. The van der Waals surface area contributed by atoms with Crippen molar-refractivity contribution in [2.45, 2.75) is 50.7 Å². The summed E-state index contributed by atoms with van der Waals surface area (Å²) in [4.78, 5) is 8.54. The quantitative estimate of drug-likeness (QED) is 0.868. The second-order valence-corrected chi connectivity index (χ2v) is 6.66. The molecule has 2 rings (SSSR count). The monoisotopic (exact) mass is 295 g/mol. The van der Waals surface area contributed by atoms with E-state index >= 15 is 0 Å². The minimum atomic E-state index is 0.363. The summed E-state index contributed by atoms with van der Waals surface area (Å²) >= 11 is 2.00. The molecule has 1 aliphatic rings. The van der Waals surface area contributed by atoms with Crippen LogP contribution in [0, 0.1) is 6.92 Å². The molecule has 1 N–H and O–H groups in total. The first-order valence-electron chi connectivity index (χ1n) is 7.44. The van der Waals surface area contributed by atoms with Crippen LogP contribution in [-0.2, 0) is 0 Å². The lowest BCUT2D eigenvalue weighted by molar-refractivity contribution is 0.323. The number of rotatable bonds is 6. The van der Waals surface area contributed by atoms with Gasteiger partial charge in [-0.05, 0) is 32.9 Å². The summed E-state index contributed by atoms with van der Waals surface area (Å²) in [6.45, 7) is 5.59. The van der Waals surface area contributed by atoms with E-state index in [9.17, 15) is 0 Å². The molecule has 1 saturated carbocycles. The third kappa shape index (κ3) is 3.57. The minimum absolute atomic E-state index is 0.363.